The first-order chi connectivity index (χ1) is 11.3. The minimum atomic E-state index is -0.474. The van der Waals surface area contributed by atoms with Crippen molar-refractivity contribution in [3.05, 3.63) is 36.0 Å². The maximum absolute atomic E-state index is 11.4. The number of rotatable bonds is 5. The Labute approximate surface area is 138 Å². The summed E-state index contributed by atoms with van der Waals surface area (Å²) in [5.41, 5.74) is 0. The van der Waals surface area contributed by atoms with Crippen LogP contribution in [0, 0.1) is 0 Å². The zero-order valence-corrected chi connectivity index (χ0v) is 13.5. The molecule has 7 nitrogen and oxygen atoms in total. The fraction of sp³-hybridized carbons (Fsp3) is 0.400. The molecule has 8 heteroatoms. The molecule has 0 radical (unpaired) electrons. The van der Waals surface area contributed by atoms with Crippen LogP contribution in [0.3, 0.4) is 0 Å². The topological polar surface area (TPSA) is 77.7 Å². The van der Waals surface area contributed by atoms with E-state index >= 15 is 0 Å². The van der Waals surface area contributed by atoms with Gasteiger partial charge in [-0.15, -0.1) is 0 Å². The number of hydrogen-bond donors (Lipinski definition) is 0. The maximum Gasteiger partial charge on any atom is 0.373 e. The first kappa shape index (κ1) is 15.8. The molecule has 0 N–H and O–H groups in total. The number of carbonyl (C=O) groups is 1. The largest absolute Gasteiger partial charge is 0.463 e. The average molecular weight is 335 g/mol. The maximum atomic E-state index is 11.4. The van der Waals surface area contributed by atoms with Gasteiger partial charge in [-0.25, -0.2) is 14.8 Å². The number of ether oxygens (including phenoxy) is 2. The van der Waals surface area contributed by atoms with Gasteiger partial charge in [0.15, 0.2) is 0 Å². The van der Waals surface area contributed by atoms with Crippen molar-refractivity contribution < 1.29 is 18.7 Å². The summed E-state index contributed by atoms with van der Waals surface area (Å²) < 4.78 is 15.4. The second-order valence-electron chi connectivity index (χ2n) is 4.86. The van der Waals surface area contributed by atoms with E-state index in [1.165, 1.54) is 18.9 Å². The van der Waals surface area contributed by atoms with Crippen molar-refractivity contribution in [1.29, 1.82) is 0 Å². The van der Waals surface area contributed by atoms with Crippen LogP contribution >= 0.6 is 11.8 Å². The lowest BCUT2D eigenvalue weighted by Gasteiger charge is -2.27. The Bertz CT molecular complexity index is 670. The monoisotopic (exact) mass is 335 g/mol. The van der Waals surface area contributed by atoms with Crippen LogP contribution in [-0.2, 0) is 15.2 Å². The van der Waals surface area contributed by atoms with Gasteiger partial charge in [-0.05, 0) is 12.1 Å². The Morgan fingerprint density at radius 1 is 1.35 bits per heavy atom. The molecule has 23 heavy (non-hydrogen) atoms. The minimum Gasteiger partial charge on any atom is -0.463 e. The molecule has 0 unspecified atom stereocenters. The third-order valence-corrected chi connectivity index (χ3v) is 4.32. The van der Waals surface area contributed by atoms with Crippen LogP contribution in [0.25, 0.3) is 0 Å². The number of carbonyl (C=O) groups excluding carboxylic acids is 1. The molecule has 0 amide bonds. The molecule has 1 fully saturated rings. The Hall–Kier alpha value is -2.06. The van der Waals surface area contributed by atoms with Gasteiger partial charge in [0.05, 0.1) is 26.1 Å². The highest BCUT2D eigenvalue weighted by Gasteiger charge is 2.14. The Balaban J connectivity index is 1.61. The van der Waals surface area contributed by atoms with Crippen molar-refractivity contribution in [2.45, 2.75) is 10.8 Å². The summed E-state index contributed by atoms with van der Waals surface area (Å²) in [6.07, 6.45) is 1.56. The van der Waals surface area contributed by atoms with Crippen LogP contribution in [0.4, 0.5) is 5.82 Å². The summed E-state index contributed by atoms with van der Waals surface area (Å²) in [6.45, 7) is 3.11. The van der Waals surface area contributed by atoms with Gasteiger partial charge in [0.2, 0.25) is 5.76 Å². The molecule has 0 aromatic carbocycles. The van der Waals surface area contributed by atoms with Crippen LogP contribution < -0.4 is 4.90 Å². The predicted octanol–water partition coefficient (Wildman–Crippen LogP) is 1.99. The van der Waals surface area contributed by atoms with Gasteiger partial charge in [-0.1, -0.05) is 11.8 Å². The third-order valence-electron chi connectivity index (χ3n) is 3.37. The van der Waals surface area contributed by atoms with Gasteiger partial charge in [0.1, 0.15) is 22.9 Å². The molecule has 122 valence electrons. The van der Waals surface area contributed by atoms with E-state index in [-0.39, 0.29) is 5.76 Å². The summed E-state index contributed by atoms with van der Waals surface area (Å²) in [4.78, 5) is 22.1. The number of furan rings is 1. The van der Waals surface area contributed by atoms with E-state index < -0.39 is 5.97 Å². The van der Waals surface area contributed by atoms with E-state index in [4.69, 9.17) is 9.15 Å². The van der Waals surface area contributed by atoms with E-state index in [1.807, 2.05) is 6.07 Å². The standard InChI is InChI=1S/C15H17N3O4S/c1-20-15(19)12-3-2-11(22-12)9-23-14-8-13(16-10-17-14)18-4-6-21-7-5-18/h2-3,8,10H,4-7,9H2,1H3. The zero-order valence-electron chi connectivity index (χ0n) is 12.7. The summed E-state index contributed by atoms with van der Waals surface area (Å²) >= 11 is 1.53. The molecular formula is C15H17N3O4S. The van der Waals surface area contributed by atoms with Gasteiger partial charge >= 0.3 is 5.97 Å². The molecule has 0 aliphatic carbocycles. The van der Waals surface area contributed by atoms with E-state index in [0.29, 0.717) is 11.5 Å². The molecule has 2 aromatic rings. The van der Waals surface area contributed by atoms with Gasteiger partial charge in [-0.2, -0.15) is 0 Å². The van der Waals surface area contributed by atoms with Crippen LogP contribution in [0.5, 0.6) is 0 Å². The second-order valence-corrected chi connectivity index (χ2v) is 5.86. The second kappa shape index (κ2) is 7.47. The van der Waals surface area contributed by atoms with E-state index in [1.54, 1.807) is 18.5 Å². The molecule has 1 aliphatic rings. The van der Waals surface area contributed by atoms with Crippen molar-refractivity contribution in [3.63, 3.8) is 0 Å². The molecular weight excluding hydrogens is 318 g/mol. The summed E-state index contributed by atoms with van der Waals surface area (Å²) in [7, 11) is 1.33. The van der Waals surface area contributed by atoms with Crippen molar-refractivity contribution >= 4 is 23.5 Å². The zero-order chi connectivity index (χ0) is 16.1. The first-order valence-electron chi connectivity index (χ1n) is 7.21. The Morgan fingerprint density at radius 2 is 2.17 bits per heavy atom. The van der Waals surface area contributed by atoms with Crippen molar-refractivity contribution in [1.82, 2.24) is 9.97 Å². The van der Waals surface area contributed by atoms with Crippen LogP contribution in [-0.4, -0.2) is 49.4 Å². The normalized spacial score (nSPS) is 14.7. The van der Waals surface area contributed by atoms with E-state index in [2.05, 4.69) is 19.6 Å². The highest BCUT2D eigenvalue weighted by molar-refractivity contribution is 7.98. The fourth-order valence-corrected chi connectivity index (χ4v) is 2.94. The molecule has 0 spiro atoms. The van der Waals surface area contributed by atoms with Crippen LogP contribution in [0.2, 0.25) is 0 Å². The van der Waals surface area contributed by atoms with Crippen molar-refractivity contribution in [2.75, 3.05) is 38.3 Å². The number of thioether (sulfide) groups is 1. The summed E-state index contributed by atoms with van der Waals surface area (Å²) in [5.74, 6) is 1.91. The van der Waals surface area contributed by atoms with Gasteiger partial charge in [0, 0.05) is 19.2 Å². The molecule has 1 aliphatic heterocycles. The Morgan fingerprint density at radius 3 is 2.96 bits per heavy atom. The number of morpholine rings is 1. The minimum absolute atomic E-state index is 0.208. The SMILES string of the molecule is COC(=O)c1ccc(CSc2cc(N3CCOCC3)ncn2)o1. The predicted molar refractivity (Wildman–Crippen MR) is 84.7 cm³/mol. The quantitative estimate of drug-likeness (QED) is 0.466. The van der Waals surface area contributed by atoms with Crippen LogP contribution in [0.1, 0.15) is 16.3 Å². The lowest BCUT2D eigenvalue weighted by Crippen LogP contribution is -2.36. The number of aromatic nitrogens is 2. The highest BCUT2D eigenvalue weighted by atomic mass is 32.2. The highest BCUT2D eigenvalue weighted by Crippen LogP contribution is 2.24. The van der Waals surface area contributed by atoms with Crippen LogP contribution in [0.15, 0.2) is 34.0 Å². The van der Waals surface area contributed by atoms with Crippen molar-refractivity contribution in [2.24, 2.45) is 0 Å². The third kappa shape index (κ3) is 4.02. The van der Waals surface area contributed by atoms with Crippen molar-refractivity contribution in [3.8, 4) is 0 Å². The molecule has 0 atom stereocenters. The van der Waals surface area contributed by atoms with Gasteiger partial charge in [-0.3, -0.25) is 0 Å². The number of esters is 1. The number of nitrogens with zero attached hydrogens (tertiary/aromatic N) is 3. The first-order valence-corrected chi connectivity index (χ1v) is 8.19. The molecule has 0 saturated carbocycles. The molecule has 0 bridgehead atoms. The lowest BCUT2D eigenvalue weighted by atomic mass is 10.4. The smallest absolute Gasteiger partial charge is 0.373 e. The van der Waals surface area contributed by atoms with Gasteiger partial charge < -0.3 is 18.8 Å². The summed E-state index contributed by atoms with van der Waals surface area (Å²) in [6, 6.07) is 5.34. The van der Waals surface area contributed by atoms with Gasteiger partial charge in [0.25, 0.3) is 0 Å². The molecule has 3 rings (SSSR count). The molecule has 3 heterocycles. The number of hydrogen-bond acceptors (Lipinski definition) is 8. The van der Waals surface area contributed by atoms with E-state index in [0.717, 1.165) is 37.1 Å². The lowest BCUT2D eigenvalue weighted by molar-refractivity contribution is 0.0563. The molecule has 2 aromatic heterocycles. The Kier molecular flexibility index (Phi) is 5.14. The average Bonchev–Trinajstić information content (AvgIpc) is 3.09. The number of anilines is 1. The summed E-state index contributed by atoms with van der Waals surface area (Å²) in [5, 5.41) is 0.859. The molecule has 1 saturated heterocycles. The number of methoxy groups -OCH3 is 1. The van der Waals surface area contributed by atoms with E-state index in [9.17, 15) is 4.79 Å². The fourth-order valence-electron chi connectivity index (χ4n) is 2.19.